The highest BCUT2D eigenvalue weighted by atomic mass is 79.9. The highest BCUT2D eigenvalue weighted by Crippen LogP contribution is 2.67. The van der Waals surface area contributed by atoms with E-state index in [0.29, 0.717) is 0 Å². The van der Waals surface area contributed by atoms with E-state index in [1.807, 2.05) is 6.92 Å². The molecule has 9 heavy (non-hydrogen) atoms. The zero-order valence-electron chi connectivity index (χ0n) is 4.75. The number of alkyl halides is 2. The molecule has 0 aliphatic heterocycles. The summed E-state index contributed by atoms with van der Waals surface area (Å²) in [6.07, 6.45) is 0.766. The third kappa shape index (κ3) is 1.08. The van der Waals surface area contributed by atoms with E-state index in [9.17, 15) is 4.79 Å². The number of hydrogen-bond acceptors (Lipinski definition) is 1. The lowest BCUT2D eigenvalue weighted by molar-refractivity contribution is -0.115. The van der Waals surface area contributed by atoms with Crippen molar-refractivity contribution < 1.29 is 4.79 Å². The van der Waals surface area contributed by atoms with Crippen molar-refractivity contribution in [3.05, 3.63) is 0 Å². The first kappa shape index (κ1) is 8.02. The minimum atomic E-state index is -0.394. The van der Waals surface area contributed by atoms with Crippen molar-refractivity contribution in [1.29, 1.82) is 0 Å². The number of hydrogen-bond donors (Lipinski definition) is 0. The molecule has 1 unspecified atom stereocenters. The fraction of sp³-hybridized carbons (Fsp3) is 0.800. The highest BCUT2D eigenvalue weighted by molar-refractivity contribution is 9.25. The van der Waals surface area contributed by atoms with Gasteiger partial charge in [0.2, 0.25) is 5.24 Å². The summed E-state index contributed by atoms with van der Waals surface area (Å²) in [5, 5.41) is -0.281. The molecule has 0 heterocycles. The van der Waals surface area contributed by atoms with Gasteiger partial charge in [-0.2, -0.15) is 0 Å². The van der Waals surface area contributed by atoms with Crippen LogP contribution in [0.15, 0.2) is 0 Å². The van der Waals surface area contributed by atoms with Crippen LogP contribution in [0.1, 0.15) is 13.3 Å². The highest BCUT2D eigenvalue weighted by Gasteiger charge is 2.66. The van der Waals surface area contributed by atoms with Gasteiger partial charge in [0, 0.05) is 0 Å². The number of carbonyl (C=O) groups excluding carboxylic acids is 1. The molecule has 4 heteroatoms. The summed E-state index contributed by atoms with van der Waals surface area (Å²) in [6, 6.07) is 0. The molecule has 0 bridgehead atoms. The second kappa shape index (κ2) is 1.95. The third-order valence-corrected chi connectivity index (χ3v) is 4.42. The monoisotopic (exact) mass is 274 g/mol. The van der Waals surface area contributed by atoms with Crippen LogP contribution in [0.5, 0.6) is 0 Å². The number of halogens is 3. The summed E-state index contributed by atoms with van der Waals surface area (Å²) in [5.41, 5.74) is -0.394. The Bertz CT molecular complexity index is 168. The average molecular weight is 276 g/mol. The molecule has 52 valence electrons. The largest absolute Gasteiger partial charge is 0.281 e. The van der Waals surface area contributed by atoms with Crippen molar-refractivity contribution in [2.75, 3.05) is 0 Å². The molecule has 0 radical (unpaired) electrons. The molecule has 0 amide bonds. The Morgan fingerprint density at radius 3 is 2.00 bits per heavy atom. The van der Waals surface area contributed by atoms with Crippen molar-refractivity contribution >= 4 is 48.7 Å². The quantitative estimate of drug-likeness (QED) is 0.531. The molecule has 1 saturated carbocycles. The lowest BCUT2D eigenvalue weighted by Crippen LogP contribution is -2.11. The first-order valence-electron chi connectivity index (χ1n) is 2.48. The average Bonchev–Trinajstić information content (AvgIpc) is 2.08. The Morgan fingerprint density at radius 2 is 2.00 bits per heavy atom. The fourth-order valence-corrected chi connectivity index (χ4v) is 2.55. The Hall–Kier alpha value is 0.920. The predicted octanol–water partition coefficient (Wildman–Crippen LogP) is 2.65. The second-order valence-corrected chi connectivity index (χ2v) is 6.60. The van der Waals surface area contributed by atoms with E-state index in [2.05, 4.69) is 31.9 Å². The molecule has 0 aromatic rings. The maximum absolute atomic E-state index is 10.6. The van der Waals surface area contributed by atoms with Gasteiger partial charge in [0.15, 0.2) is 0 Å². The first-order valence-corrected chi connectivity index (χ1v) is 4.44. The number of carbonyl (C=O) groups is 1. The van der Waals surface area contributed by atoms with Crippen LogP contribution in [0.25, 0.3) is 0 Å². The van der Waals surface area contributed by atoms with Gasteiger partial charge in [0.1, 0.15) is 0 Å². The Kier molecular flexibility index (Phi) is 1.74. The molecule has 1 fully saturated rings. The second-order valence-electron chi connectivity index (χ2n) is 2.49. The smallest absolute Gasteiger partial charge is 0.229 e. The van der Waals surface area contributed by atoms with Crippen LogP contribution < -0.4 is 0 Å². The minimum absolute atomic E-state index is 0.230. The van der Waals surface area contributed by atoms with Crippen molar-refractivity contribution in [3.63, 3.8) is 0 Å². The lowest BCUT2D eigenvalue weighted by Gasteiger charge is -2.03. The standard InChI is InChI=1S/C5H5Br2ClO/c1-4(3(8)9)2-5(4,6)7/h2H2,1H3. The Morgan fingerprint density at radius 1 is 1.67 bits per heavy atom. The lowest BCUT2D eigenvalue weighted by atomic mass is 10.2. The zero-order valence-corrected chi connectivity index (χ0v) is 8.68. The van der Waals surface area contributed by atoms with Gasteiger partial charge >= 0.3 is 0 Å². The zero-order chi connectivity index (χ0) is 7.28. The molecule has 1 aliphatic carbocycles. The van der Waals surface area contributed by atoms with E-state index in [1.165, 1.54) is 0 Å². The maximum atomic E-state index is 10.6. The van der Waals surface area contributed by atoms with E-state index >= 15 is 0 Å². The molecule has 1 rings (SSSR count). The molecular weight excluding hydrogens is 271 g/mol. The summed E-state index contributed by atoms with van der Waals surface area (Å²) in [4.78, 5) is 10.6. The fourth-order valence-electron chi connectivity index (χ4n) is 0.613. The van der Waals surface area contributed by atoms with Crippen LogP contribution in [0.2, 0.25) is 0 Å². The van der Waals surface area contributed by atoms with Crippen molar-refractivity contribution in [3.8, 4) is 0 Å². The van der Waals surface area contributed by atoms with E-state index < -0.39 is 5.41 Å². The van der Waals surface area contributed by atoms with Gasteiger partial charge in [-0.1, -0.05) is 31.9 Å². The molecule has 1 aliphatic rings. The Labute approximate surface area is 75.4 Å². The summed E-state index contributed by atoms with van der Waals surface area (Å²) in [7, 11) is 0. The molecule has 0 aromatic carbocycles. The van der Waals surface area contributed by atoms with Gasteiger partial charge in [-0.15, -0.1) is 0 Å². The molecule has 0 spiro atoms. The van der Waals surface area contributed by atoms with Gasteiger partial charge in [-0.05, 0) is 24.9 Å². The normalized spacial score (nSPS) is 38.2. The van der Waals surface area contributed by atoms with Crippen LogP contribution in [0.4, 0.5) is 0 Å². The SMILES string of the molecule is CC1(C(=O)Cl)CC1(Br)Br. The summed E-state index contributed by atoms with van der Waals surface area (Å²) >= 11 is 11.9. The van der Waals surface area contributed by atoms with E-state index in [0.717, 1.165) is 6.42 Å². The molecule has 1 nitrogen and oxygen atoms in total. The Balaban J connectivity index is 2.74. The van der Waals surface area contributed by atoms with Crippen LogP contribution in [0.3, 0.4) is 0 Å². The first-order chi connectivity index (χ1) is 3.90. The molecule has 0 saturated heterocycles. The molecule has 0 aromatic heterocycles. The molecule has 0 N–H and O–H groups in total. The van der Waals surface area contributed by atoms with Crippen LogP contribution in [-0.4, -0.2) is 8.48 Å². The molecular formula is C5H5Br2ClO. The van der Waals surface area contributed by atoms with Crippen LogP contribution in [-0.2, 0) is 4.79 Å². The van der Waals surface area contributed by atoms with Gasteiger partial charge in [-0.3, -0.25) is 4.79 Å². The summed E-state index contributed by atoms with van der Waals surface area (Å²) in [6.45, 7) is 1.83. The van der Waals surface area contributed by atoms with Crippen molar-refractivity contribution in [2.45, 2.75) is 16.6 Å². The summed E-state index contributed by atoms with van der Waals surface area (Å²) < 4.78 is -0.230. The topological polar surface area (TPSA) is 17.1 Å². The molecule has 1 atom stereocenters. The van der Waals surface area contributed by atoms with E-state index in [4.69, 9.17) is 11.6 Å². The van der Waals surface area contributed by atoms with Crippen LogP contribution in [0, 0.1) is 5.41 Å². The predicted molar refractivity (Wildman–Crippen MR) is 44.2 cm³/mol. The summed E-state index contributed by atoms with van der Waals surface area (Å²) in [5.74, 6) is 0. The third-order valence-electron chi connectivity index (χ3n) is 1.69. The van der Waals surface area contributed by atoms with Gasteiger partial charge in [0.05, 0.1) is 8.65 Å². The number of rotatable bonds is 1. The van der Waals surface area contributed by atoms with E-state index in [1.54, 1.807) is 0 Å². The van der Waals surface area contributed by atoms with Gasteiger partial charge < -0.3 is 0 Å². The minimum Gasteiger partial charge on any atom is -0.281 e. The maximum Gasteiger partial charge on any atom is 0.229 e. The van der Waals surface area contributed by atoms with E-state index in [-0.39, 0.29) is 8.48 Å². The van der Waals surface area contributed by atoms with Gasteiger partial charge in [-0.25, -0.2) is 0 Å². The van der Waals surface area contributed by atoms with Crippen molar-refractivity contribution in [1.82, 2.24) is 0 Å². The van der Waals surface area contributed by atoms with Crippen LogP contribution >= 0.6 is 43.5 Å². The van der Waals surface area contributed by atoms with Gasteiger partial charge in [0.25, 0.3) is 0 Å². The van der Waals surface area contributed by atoms with Crippen molar-refractivity contribution in [2.24, 2.45) is 5.41 Å².